The van der Waals surface area contributed by atoms with Crippen molar-refractivity contribution in [3.05, 3.63) is 64.6 Å². The molecule has 0 radical (unpaired) electrons. The van der Waals surface area contributed by atoms with Crippen LogP contribution in [-0.4, -0.2) is 29.2 Å². The molecule has 0 saturated carbocycles. The standard InChI is InChI=1S/C17H17N3O3S/c21-17-18-14-9-8-13(11-15(14)19-17)24(22,23)20-10-4-7-16(20)12-5-2-1-3-6-12/h1-3,5-6,8-9,11,16H,4,7,10H2,(H2,18,19,21). The fourth-order valence-corrected chi connectivity index (χ4v) is 5.05. The van der Waals surface area contributed by atoms with Crippen LogP contribution in [-0.2, 0) is 10.0 Å². The Morgan fingerprint density at radius 1 is 1.00 bits per heavy atom. The Hall–Kier alpha value is -2.38. The minimum atomic E-state index is -3.62. The Labute approximate surface area is 139 Å². The maximum Gasteiger partial charge on any atom is 0.323 e. The van der Waals surface area contributed by atoms with Gasteiger partial charge in [0.05, 0.1) is 22.0 Å². The van der Waals surface area contributed by atoms with Gasteiger partial charge in [-0.1, -0.05) is 30.3 Å². The van der Waals surface area contributed by atoms with Gasteiger partial charge in [0.15, 0.2) is 0 Å². The van der Waals surface area contributed by atoms with E-state index in [0.29, 0.717) is 17.6 Å². The predicted molar refractivity (Wildman–Crippen MR) is 91.2 cm³/mol. The van der Waals surface area contributed by atoms with Crippen molar-refractivity contribution in [1.82, 2.24) is 14.3 Å². The summed E-state index contributed by atoms with van der Waals surface area (Å²) in [4.78, 5) is 16.8. The van der Waals surface area contributed by atoms with Crippen LogP contribution in [0.5, 0.6) is 0 Å². The molecule has 1 unspecified atom stereocenters. The number of aromatic nitrogens is 2. The van der Waals surface area contributed by atoms with Gasteiger partial charge in [0.25, 0.3) is 0 Å². The minimum absolute atomic E-state index is 0.142. The van der Waals surface area contributed by atoms with Gasteiger partial charge >= 0.3 is 5.69 Å². The van der Waals surface area contributed by atoms with Crippen LogP contribution in [0.2, 0.25) is 0 Å². The van der Waals surface area contributed by atoms with Crippen LogP contribution in [0.3, 0.4) is 0 Å². The molecule has 1 aliphatic rings. The monoisotopic (exact) mass is 343 g/mol. The van der Waals surface area contributed by atoms with Gasteiger partial charge in [-0.25, -0.2) is 13.2 Å². The lowest BCUT2D eigenvalue weighted by Crippen LogP contribution is -2.30. The summed E-state index contributed by atoms with van der Waals surface area (Å²) in [6, 6.07) is 14.2. The molecule has 0 aliphatic carbocycles. The second-order valence-corrected chi connectivity index (χ2v) is 7.86. The van der Waals surface area contributed by atoms with Crippen LogP contribution in [0.25, 0.3) is 11.0 Å². The molecule has 4 rings (SSSR count). The third-order valence-corrected chi connectivity index (χ3v) is 6.39. The summed E-state index contributed by atoms with van der Waals surface area (Å²) >= 11 is 0. The van der Waals surface area contributed by atoms with Gasteiger partial charge in [-0.3, -0.25) is 0 Å². The first kappa shape index (κ1) is 15.2. The van der Waals surface area contributed by atoms with Crippen molar-refractivity contribution in [2.24, 2.45) is 0 Å². The highest BCUT2D eigenvalue weighted by atomic mass is 32.2. The van der Waals surface area contributed by atoms with Crippen molar-refractivity contribution in [3.8, 4) is 0 Å². The number of imidazole rings is 1. The van der Waals surface area contributed by atoms with Crippen LogP contribution in [0.4, 0.5) is 0 Å². The number of fused-ring (bicyclic) bond motifs is 1. The Morgan fingerprint density at radius 3 is 2.54 bits per heavy atom. The number of rotatable bonds is 3. The first-order valence-electron chi connectivity index (χ1n) is 7.84. The highest BCUT2D eigenvalue weighted by molar-refractivity contribution is 7.89. The maximum atomic E-state index is 13.1. The van der Waals surface area contributed by atoms with Crippen LogP contribution in [0.1, 0.15) is 24.4 Å². The number of nitrogens with one attached hydrogen (secondary N) is 2. The number of benzene rings is 2. The SMILES string of the molecule is O=c1[nH]c2ccc(S(=O)(=O)N3CCCC3c3ccccc3)cc2[nH]1. The first-order valence-corrected chi connectivity index (χ1v) is 9.28. The van der Waals surface area contributed by atoms with Crippen molar-refractivity contribution >= 4 is 21.1 Å². The zero-order valence-corrected chi connectivity index (χ0v) is 13.7. The molecule has 2 heterocycles. The lowest BCUT2D eigenvalue weighted by atomic mass is 10.1. The van der Waals surface area contributed by atoms with Gasteiger partial charge in [0.2, 0.25) is 10.0 Å². The van der Waals surface area contributed by atoms with Crippen LogP contribution < -0.4 is 5.69 Å². The zero-order valence-electron chi connectivity index (χ0n) is 12.9. The van der Waals surface area contributed by atoms with Gasteiger partial charge in [-0.05, 0) is 36.6 Å². The van der Waals surface area contributed by atoms with Gasteiger partial charge in [-0.15, -0.1) is 0 Å². The maximum absolute atomic E-state index is 13.1. The summed E-state index contributed by atoms with van der Waals surface area (Å²) in [5.74, 6) is 0. The summed E-state index contributed by atoms with van der Waals surface area (Å²) in [6.45, 7) is 0.504. The summed E-state index contributed by atoms with van der Waals surface area (Å²) in [7, 11) is -3.62. The van der Waals surface area contributed by atoms with E-state index in [1.807, 2.05) is 30.3 Å². The molecule has 1 aliphatic heterocycles. The second-order valence-electron chi connectivity index (χ2n) is 5.97. The topological polar surface area (TPSA) is 86.0 Å². The Bertz CT molecular complexity index is 1040. The number of hydrogen-bond acceptors (Lipinski definition) is 3. The van der Waals surface area contributed by atoms with Crippen molar-refractivity contribution in [2.75, 3.05) is 6.54 Å². The molecule has 2 N–H and O–H groups in total. The molecule has 0 bridgehead atoms. The largest absolute Gasteiger partial charge is 0.323 e. The van der Waals surface area contributed by atoms with Crippen LogP contribution in [0.15, 0.2) is 58.2 Å². The number of nitrogens with zero attached hydrogens (tertiary/aromatic N) is 1. The van der Waals surface area contributed by atoms with E-state index in [9.17, 15) is 13.2 Å². The average Bonchev–Trinajstić information content (AvgIpc) is 3.20. The lowest BCUT2D eigenvalue weighted by Gasteiger charge is -2.24. The second kappa shape index (κ2) is 5.61. The molecule has 24 heavy (non-hydrogen) atoms. The number of H-pyrrole nitrogens is 2. The van der Waals surface area contributed by atoms with E-state index in [1.165, 1.54) is 6.07 Å². The van der Waals surface area contributed by atoms with Gasteiger partial charge in [0, 0.05) is 6.54 Å². The highest BCUT2D eigenvalue weighted by Gasteiger charge is 2.36. The molecule has 1 fully saturated rings. The van der Waals surface area contributed by atoms with Crippen molar-refractivity contribution in [1.29, 1.82) is 0 Å². The minimum Gasteiger partial charge on any atom is -0.306 e. The number of sulfonamides is 1. The number of hydrogen-bond donors (Lipinski definition) is 2. The molecular formula is C17H17N3O3S. The summed E-state index contributed by atoms with van der Waals surface area (Å²) in [6.07, 6.45) is 1.65. The van der Waals surface area contributed by atoms with Gasteiger partial charge in [0.1, 0.15) is 0 Å². The lowest BCUT2D eigenvalue weighted by molar-refractivity contribution is 0.397. The molecule has 1 atom stereocenters. The first-order chi connectivity index (χ1) is 11.6. The summed E-state index contributed by atoms with van der Waals surface area (Å²) < 4.78 is 27.7. The third kappa shape index (κ3) is 2.46. The molecule has 2 aromatic carbocycles. The Balaban J connectivity index is 1.76. The quantitative estimate of drug-likeness (QED) is 0.765. The normalized spacial score (nSPS) is 19.1. The Morgan fingerprint density at radius 2 is 1.75 bits per heavy atom. The third-order valence-electron chi connectivity index (χ3n) is 4.48. The molecule has 0 spiro atoms. The molecule has 1 aromatic heterocycles. The van der Waals surface area contributed by atoms with Gasteiger partial charge < -0.3 is 9.97 Å². The van der Waals surface area contributed by atoms with Gasteiger partial charge in [-0.2, -0.15) is 4.31 Å². The molecule has 6 nitrogen and oxygen atoms in total. The summed E-state index contributed by atoms with van der Waals surface area (Å²) in [5, 5.41) is 0. The van der Waals surface area contributed by atoms with E-state index in [0.717, 1.165) is 18.4 Å². The average molecular weight is 343 g/mol. The zero-order chi connectivity index (χ0) is 16.7. The van der Waals surface area contributed by atoms with E-state index in [-0.39, 0.29) is 16.6 Å². The summed E-state index contributed by atoms with van der Waals surface area (Å²) in [5.41, 5.74) is 1.76. The molecule has 124 valence electrons. The van der Waals surface area contributed by atoms with Crippen molar-refractivity contribution in [2.45, 2.75) is 23.8 Å². The fourth-order valence-electron chi connectivity index (χ4n) is 3.34. The van der Waals surface area contributed by atoms with Crippen LogP contribution in [0, 0.1) is 0 Å². The van der Waals surface area contributed by atoms with Crippen molar-refractivity contribution in [3.63, 3.8) is 0 Å². The molecule has 0 amide bonds. The number of aromatic amines is 2. The predicted octanol–water partition coefficient (Wildman–Crippen LogP) is 2.38. The van der Waals surface area contributed by atoms with E-state index in [1.54, 1.807) is 16.4 Å². The van der Waals surface area contributed by atoms with E-state index in [2.05, 4.69) is 9.97 Å². The Kier molecular flexibility index (Phi) is 3.54. The van der Waals surface area contributed by atoms with E-state index >= 15 is 0 Å². The van der Waals surface area contributed by atoms with Crippen molar-refractivity contribution < 1.29 is 8.42 Å². The fraction of sp³-hybridized carbons (Fsp3) is 0.235. The van der Waals surface area contributed by atoms with Crippen LogP contribution >= 0.6 is 0 Å². The van der Waals surface area contributed by atoms with E-state index < -0.39 is 10.0 Å². The smallest absolute Gasteiger partial charge is 0.306 e. The molecule has 3 aromatic rings. The molecular weight excluding hydrogens is 326 g/mol. The molecule has 7 heteroatoms. The highest BCUT2D eigenvalue weighted by Crippen LogP contribution is 2.36. The van der Waals surface area contributed by atoms with E-state index in [4.69, 9.17) is 0 Å². The molecule has 1 saturated heterocycles.